The normalized spacial score (nSPS) is 15.9. The van der Waals surface area contributed by atoms with E-state index >= 15 is 0 Å². The largest absolute Gasteiger partial charge is 0.352 e. The van der Waals surface area contributed by atoms with E-state index in [4.69, 9.17) is 0 Å². The van der Waals surface area contributed by atoms with Crippen molar-refractivity contribution in [3.05, 3.63) is 65.2 Å². The number of hydrogen-bond donors (Lipinski definition) is 1. The lowest BCUT2D eigenvalue weighted by Crippen LogP contribution is -2.32. The minimum Gasteiger partial charge on any atom is -0.352 e. The van der Waals surface area contributed by atoms with Gasteiger partial charge in [0.25, 0.3) is 5.91 Å². The van der Waals surface area contributed by atoms with Gasteiger partial charge < -0.3 is 10.2 Å². The summed E-state index contributed by atoms with van der Waals surface area (Å²) in [7, 11) is 0.163. The van der Waals surface area contributed by atoms with Crippen LogP contribution in [0.5, 0.6) is 0 Å². The molecule has 1 fully saturated rings. The van der Waals surface area contributed by atoms with E-state index in [1.807, 2.05) is 19.1 Å². The Kier molecular flexibility index (Phi) is 7.86. The molecule has 0 radical (unpaired) electrons. The van der Waals surface area contributed by atoms with Gasteiger partial charge in [-0.1, -0.05) is 29.8 Å². The van der Waals surface area contributed by atoms with Gasteiger partial charge in [0.1, 0.15) is 0 Å². The highest BCUT2D eigenvalue weighted by molar-refractivity contribution is 7.89. The molecule has 0 unspecified atom stereocenters. The van der Waals surface area contributed by atoms with Crippen LogP contribution in [0.25, 0.3) is 0 Å². The molecule has 1 heterocycles. The van der Waals surface area contributed by atoms with Gasteiger partial charge in [-0.15, -0.1) is 0 Å². The Balaban J connectivity index is 1.51. The number of benzene rings is 2. The minimum atomic E-state index is -3.56. The number of amides is 1. The lowest BCUT2D eigenvalue weighted by molar-refractivity contribution is 0.0949. The van der Waals surface area contributed by atoms with Gasteiger partial charge in [0.15, 0.2) is 0 Å². The smallest absolute Gasteiger partial charge is 0.251 e. The molecule has 1 aliphatic rings. The monoisotopic (exact) mass is 443 g/mol. The van der Waals surface area contributed by atoms with E-state index in [0.29, 0.717) is 18.0 Å². The van der Waals surface area contributed by atoms with Crippen molar-refractivity contribution >= 4 is 15.9 Å². The van der Waals surface area contributed by atoms with Crippen LogP contribution >= 0.6 is 0 Å². The Bertz CT molecular complexity index is 964. The molecular weight excluding hydrogens is 410 g/mol. The van der Waals surface area contributed by atoms with Crippen LogP contribution in [0.15, 0.2) is 53.4 Å². The maximum Gasteiger partial charge on any atom is 0.251 e. The first-order chi connectivity index (χ1) is 14.8. The minimum absolute atomic E-state index is 0.0832. The summed E-state index contributed by atoms with van der Waals surface area (Å²) in [5.74, 6) is 0.602. The van der Waals surface area contributed by atoms with Gasteiger partial charge in [0.2, 0.25) is 10.0 Å². The number of carbonyl (C=O) groups excluding carboxylic acids is 1. The van der Waals surface area contributed by atoms with Crippen LogP contribution in [0.1, 0.15) is 40.7 Å². The number of rotatable bonds is 8. The molecule has 2 aromatic rings. The molecule has 0 spiro atoms. The van der Waals surface area contributed by atoms with Crippen LogP contribution in [0.2, 0.25) is 0 Å². The molecule has 0 aromatic heterocycles. The third-order valence-electron chi connectivity index (χ3n) is 6.03. The van der Waals surface area contributed by atoms with Crippen LogP contribution in [-0.4, -0.2) is 57.3 Å². The average Bonchev–Trinajstić information content (AvgIpc) is 2.76. The second kappa shape index (κ2) is 10.4. The summed E-state index contributed by atoms with van der Waals surface area (Å²) in [6, 6.07) is 14.0. The molecule has 7 heteroatoms. The van der Waals surface area contributed by atoms with Crippen LogP contribution in [0.3, 0.4) is 0 Å². The Morgan fingerprint density at radius 3 is 2.29 bits per heavy atom. The van der Waals surface area contributed by atoms with Crippen molar-refractivity contribution in [3.8, 4) is 0 Å². The molecule has 1 amide bonds. The fraction of sp³-hybridized carbons (Fsp3) is 0.458. The Labute approximate surface area is 186 Å². The van der Waals surface area contributed by atoms with Gasteiger partial charge in [0, 0.05) is 25.7 Å². The van der Waals surface area contributed by atoms with Crippen LogP contribution in [0, 0.1) is 12.8 Å². The molecule has 2 aromatic carbocycles. The molecule has 0 atom stereocenters. The van der Waals surface area contributed by atoms with Gasteiger partial charge >= 0.3 is 0 Å². The summed E-state index contributed by atoms with van der Waals surface area (Å²) in [5, 5.41) is 3.01. The Morgan fingerprint density at radius 1 is 1.06 bits per heavy atom. The first-order valence-electron chi connectivity index (χ1n) is 10.8. The fourth-order valence-corrected chi connectivity index (χ4v) is 5.00. The van der Waals surface area contributed by atoms with E-state index in [0.717, 1.165) is 30.6 Å². The van der Waals surface area contributed by atoms with Crippen molar-refractivity contribution in [2.24, 2.45) is 5.92 Å². The lowest BCUT2D eigenvalue weighted by Gasteiger charge is -2.28. The van der Waals surface area contributed by atoms with Gasteiger partial charge in [0.05, 0.1) is 4.90 Å². The third-order valence-corrected chi connectivity index (χ3v) is 7.84. The van der Waals surface area contributed by atoms with E-state index in [9.17, 15) is 13.2 Å². The van der Waals surface area contributed by atoms with Crippen molar-refractivity contribution in [1.82, 2.24) is 14.5 Å². The van der Waals surface area contributed by atoms with E-state index < -0.39 is 10.0 Å². The molecule has 3 rings (SSSR count). The zero-order valence-electron chi connectivity index (χ0n) is 18.7. The maximum absolute atomic E-state index is 12.7. The maximum atomic E-state index is 12.7. The van der Waals surface area contributed by atoms with Crippen LogP contribution < -0.4 is 5.32 Å². The van der Waals surface area contributed by atoms with Gasteiger partial charge in [-0.3, -0.25) is 4.79 Å². The average molecular weight is 444 g/mol. The van der Waals surface area contributed by atoms with Crippen molar-refractivity contribution < 1.29 is 13.2 Å². The Hall–Kier alpha value is -2.22. The summed E-state index contributed by atoms with van der Waals surface area (Å²) >= 11 is 0. The number of carbonyl (C=O) groups is 1. The number of sulfonamides is 1. The number of piperidine rings is 1. The number of nitrogens with one attached hydrogen (secondary N) is 1. The summed E-state index contributed by atoms with van der Waals surface area (Å²) < 4.78 is 26.8. The zero-order chi connectivity index (χ0) is 22.4. The second-order valence-electron chi connectivity index (χ2n) is 8.56. The number of likely N-dealkylation sites (tertiary alicyclic amines) is 1. The first-order valence-corrected chi connectivity index (χ1v) is 12.3. The molecule has 31 heavy (non-hydrogen) atoms. The third kappa shape index (κ3) is 6.38. The highest BCUT2D eigenvalue weighted by Gasteiger charge is 2.21. The lowest BCUT2D eigenvalue weighted by atomic mass is 9.94. The standard InChI is InChI=1S/C24H33N3O3S/c1-19-4-10-23(11-5-19)31(29,30)27(3)18-21-6-8-22(9-7-21)24(28)25-15-12-20-13-16-26(2)17-14-20/h4-11,20H,12-18H2,1-3H3,(H,25,28). The summed E-state index contributed by atoms with van der Waals surface area (Å²) in [6.07, 6.45) is 3.40. The number of nitrogens with zero attached hydrogens (tertiary/aromatic N) is 2. The summed E-state index contributed by atoms with van der Waals surface area (Å²) in [4.78, 5) is 15.0. The topological polar surface area (TPSA) is 69.7 Å². The molecule has 0 saturated carbocycles. The van der Waals surface area contributed by atoms with E-state index in [1.165, 1.54) is 17.1 Å². The highest BCUT2D eigenvalue weighted by atomic mass is 32.2. The highest BCUT2D eigenvalue weighted by Crippen LogP contribution is 2.19. The predicted octanol–water partition coefficient (Wildman–Crippen LogP) is 3.28. The van der Waals surface area contributed by atoms with Gasteiger partial charge in [-0.2, -0.15) is 4.31 Å². The van der Waals surface area contributed by atoms with Crippen LogP contribution in [0.4, 0.5) is 0 Å². The van der Waals surface area contributed by atoms with E-state index in [1.54, 1.807) is 43.4 Å². The quantitative estimate of drug-likeness (QED) is 0.680. The summed E-state index contributed by atoms with van der Waals surface area (Å²) in [5.41, 5.74) is 2.44. The molecule has 6 nitrogen and oxygen atoms in total. The second-order valence-corrected chi connectivity index (χ2v) is 10.6. The van der Waals surface area contributed by atoms with Crippen molar-refractivity contribution in [2.75, 3.05) is 33.7 Å². The van der Waals surface area contributed by atoms with Gasteiger partial charge in [-0.05, 0) is 82.1 Å². The predicted molar refractivity (Wildman–Crippen MR) is 123 cm³/mol. The van der Waals surface area contributed by atoms with Crippen LogP contribution in [-0.2, 0) is 16.6 Å². The SMILES string of the molecule is Cc1ccc(S(=O)(=O)N(C)Cc2ccc(C(=O)NCCC3CCN(C)CC3)cc2)cc1. The number of aryl methyl sites for hydroxylation is 1. The summed E-state index contributed by atoms with van der Waals surface area (Å²) in [6.45, 7) is 5.12. The zero-order valence-corrected chi connectivity index (χ0v) is 19.5. The van der Waals surface area contributed by atoms with Crippen molar-refractivity contribution in [1.29, 1.82) is 0 Å². The molecular formula is C24H33N3O3S. The van der Waals surface area contributed by atoms with Crippen molar-refractivity contribution in [3.63, 3.8) is 0 Å². The molecule has 168 valence electrons. The molecule has 0 aliphatic carbocycles. The molecule has 1 aliphatic heterocycles. The number of hydrogen-bond acceptors (Lipinski definition) is 4. The van der Waals surface area contributed by atoms with E-state index in [2.05, 4.69) is 17.3 Å². The Morgan fingerprint density at radius 2 is 1.68 bits per heavy atom. The fourth-order valence-electron chi connectivity index (χ4n) is 3.84. The molecule has 0 bridgehead atoms. The molecule has 1 N–H and O–H groups in total. The van der Waals surface area contributed by atoms with Crippen molar-refractivity contribution in [2.45, 2.75) is 37.6 Å². The van der Waals surface area contributed by atoms with Gasteiger partial charge in [-0.25, -0.2) is 8.42 Å². The molecule has 1 saturated heterocycles. The van der Waals surface area contributed by atoms with E-state index in [-0.39, 0.29) is 17.3 Å². The first kappa shape index (κ1) is 23.4.